The second-order valence-corrected chi connectivity index (χ2v) is 3.81. The Morgan fingerprint density at radius 2 is 2.21 bits per heavy atom. The van der Waals surface area contributed by atoms with E-state index in [1.807, 2.05) is 19.3 Å². The molecule has 0 aromatic carbocycles. The van der Waals surface area contributed by atoms with Crippen molar-refractivity contribution in [2.24, 2.45) is 5.92 Å². The maximum absolute atomic E-state index is 4.11. The zero-order valence-electron chi connectivity index (χ0n) is 9.17. The van der Waals surface area contributed by atoms with Crippen molar-refractivity contribution < 1.29 is 0 Å². The number of nitrogens with zero attached hydrogens (tertiary/aromatic N) is 1. The zero-order chi connectivity index (χ0) is 10.4. The van der Waals surface area contributed by atoms with E-state index in [1.165, 1.54) is 5.56 Å². The lowest BCUT2D eigenvalue weighted by atomic mass is 10.2. The number of anilines is 1. The first-order valence-electron chi connectivity index (χ1n) is 5.05. The van der Waals surface area contributed by atoms with Crippen LogP contribution in [-0.2, 0) is 6.54 Å². The second kappa shape index (κ2) is 5.60. The van der Waals surface area contributed by atoms with Crippen LogP contribution in [-0.4, -0.2) is 18.6 Å². The Hall–Kier alpha value is -1.09. The number of aromatic nitrogens is 1. The third kappa shape index (κ3) is 3.34. The molecule has 3 nitrogen and oxygen atoms in total. The number of rotatable bonds is 5. The molecule has 3 heteroatoms. The van der Waals surface area contributed by atoms with Crippen LogP contribution >= 0.6 is 0 Å². The zero-order valence-corrected chi connectivity index (χ0v) is 9.17. The quantitative estimate of drug-likeness (QED) is 0.749. The molecule has 0 fully saturated rings. The van der Waals surface area contributed by atoms with Gasteiger partial charge in [-0.1, -0.05) is 13.8 Å². The SMILES string of the molecule is CNc1ccncc1CNCC(C)C. The third-order valence-corrected chi connectivity index (χ3v) is 2.04. The van der Waals surface area contributed by atoms with E-state index < -0.39 is 0 Å². The topological polar surface area (TPSA) is 37.0 Å². The molecule has 0 spiro atoms. The molecule has 1 heterocycles. The summed E-state index contributed by atoms with van der Waals surface area (Å²) in [5, 5.41) is 6.55. The van der Waals surface area contributed by atoms with E-state index in [9.17, 15) is 0 Å². The van der Waals surface area contributed by atoms with Gasteiger partial charge in [-0.15, -0.1) is 0 Å². The van der Waals surface area contributed by atoms with Gasteiger partial charge in [-0.05, 0) is 18.5 Å². The molecule has 78 valence electrons. The fraction of sp³-hybridized carbons (Fsp3) is 0.545. The Bertz CT molecular complexity index is 271. The van der Waals surface area contributed by atoms with Gasteiger partial charge in [0.25, 0.3) is 0 Å². The molecule has 1 aromatic rings. The Labute approximate surface area is 85.9 Å². The number of hydrogen-bond donors (Lipinski definition) is 2. The predicted molar refractivity (Wildman–Crippen MR) is 60.3 cm³/mol. The molecule has 2 N–H and O–H groups in total. The lowest BCUT2D eigenvalue weighted by Crippen LogP contribution is -2.19. The van der Waals surface area contributed by atoms with Crippen LogP contribution in [0, 0.1) is 5.92 Å². The summed E-state index contributed by atoms with van der Waals surface area (Å²) in [7, 11) is 1.93. The first-order valence-corrected chi connectivity index (χ1v) is 5.05. The molecule has 0 aliphatic heterocycles. The summed E-state index contributed by atoms with van der Waals surface area (Å²) in [6, 6.07) is 1.99. The summed E-state index contributed by atoms with van der Waals surface area (Å²) in [6.07, 6.45) is 3.71. The predicted octanol–water partition coefficient (Wildman–Crippen LogP) is 1.87. The largest absolute Gasteiger partial charge is 0.388 e. The number of pyridine rings is 1. The van der Waals surface area contributed by atoms with Gasteiger partial charge in [0.2, 0.25) is 0 Å². The summed E-state index contributed by atoms with van der Waals surface area (Å²) in [6.45, 7) is 6.32. The fourth-order valence-corrected chi connectivity index (χ4v) is 1.31. The highest BCUT2D eigenvalue weighted by molar-refractivity contribution is 5.48. The van der Waals surface area contributed by atoms with E-state index in [1.54, 1.807) is 6.20 Å². The van der Waals surface area contributed by atoms with Crippen molar-refractivity contribution in [3.8, 4) is 0 Å². The lowest BCUT2D eigenvalue weighted by molar-refractivity contribution is 0.552. The maximum Gasteiger partial charge on any atom is 0.0414 e. The summed E-state index contributed by atoms with van der Waals surface area (Å²) in [4.78, 5) is 4.11. The molecule has 0 aliphatic rings. The molecule has 0 radical (unpaired) electrons. The van der Waals surface area contributed by atoms with Crippen molar-refractivity contribution in [1.82, 2.24) is 10.3 Å². The van der Waals surface area contributed by atoms with Crippen LogP contribution in [0.15, 0.2) is 18.5 Å². The number of nitrogens with one attached hydrogen (secondary N) is 2. The first-order chi connectivity index (χ1) is 6.74. The second-order valence-electron chi connectivity index (χ2n) is 3.81. The summed E-state index contributed by atoms with van der Waals surface area (Å²) < 4.78 is 0. The molecule has 0 atom stereocenters. The lowest BCUT2D eigenvalue weighted by Gasteiger charge is -2.10. The van der Waals surface area contributed by atoms with Gasteiger partial charge in [-0.25, -0.2) is 0 Å². The molecule has 0 unspecified atom stereocenters. The van der Waals surface area contributed by atoms with Crippen LogP contribution in [0.3, 0.4) is 0 Å². The average Bonchev–Trinajstić information content (AvgIpc) is 2.18. The summed E-state index contributed by atoms with van der Waals surface area (Å²) in [5.74, 6) is 0.685. The van der Waals surface area contributed by atoms with Gasteiger partial charge in [-0.3, -0.25) is 4.98 Å². The minimum absolute atomic E-state index is 0.685. The molecular weight excluding hydrogens is 174 g/mol. The normalized spacial score (nSPS) is 10.6. The standard InChI is InChI=1S/C11H19N3/c1-9(2)6-14-8-10-7-13-5-4-11(10)12-3/h4-5,7,9,14H,6,8H2,1-3H3,(H,12,13). The van der Waals surface area contributed by atoms with E-state index in [0.717, 1.165) is 18.8 Å². The average molecular weight is 193 g/mol. The van der Waals surface area contributed by atoms with Crippen molar-refractivity contribution in [1.29, 1.82) is 0 Å². The maximum atomic E-state index is 4.11. The van der Waals surface area contributed by atoms with Gasteiger partial charge in [-0.2, -0.15) is 0 Å². The fourth-order valence-electron chi connectivity index (χ4n) is 1.31. The highest BCUT2D eigenvalue weighted by atomic mass is 14.9. The van der Waals surface area contributed by atoms with Crippen LogP contribution in [0.1, 0.15) is 19.4 Å². The Kier molecular flexibility index (Phi) is 4.40. The van der Waals surface area contributed by atoms with Gasteiger partial charge < -0.3 is 10.6 Å². The smallest absolute Gasteiger partial charge is 0.0414 e. The van der Waals surface area contributed by atoms with Crippen LogP contribution in [0.5, 0.6) is 0 Å². The Balaban J connectivity index is 2.49. The summed E-state index contributed by atoms with van der Waals surface area (Å²) >= 11 is 0. The Morgan fingerprint density at radius 3 is 2.86 bits per heavy atom. The van der Waals surface area contributed by atoms with Crippen LogP contribution in [0.2, 0.25) is 0 Å². The first kappa shape index (κ1) is 11.0. The molecule has 0 aliphatic carbocycles. The van der Waals surface area contributed by atoms with Gasteiger partial charge >= 0.3 is 0 Å². The molecular formula is C11H19N3. The molecule has 14 heavy (non-hydrogen) atoms. The van der Waals surface area contributed by atoms with Crippen LogP contribution in [0.25, 0.3) is 0 Å². The van der Waals surface area contributed by atoms with Crippen molar-refractivity contribution in [3.05, 3.63) is 24.0 Å². The van der Waals surface area contributed by atoms with E-state index >= 15 is 0 Å². The minimum Gasteiger partial charge on any atom is -0.388 e. The third-order valence-electron chi connectivity index (χ3n) is 2.04. The monoisotopic (exact) mass is 193 g/mol. The highest BCUT2D eigenvalue weighted by Gasteiger charge is 2.00. The molecule has 0 saturated heterocycles. The van der Waals surface area contributed by atoms with Gasteiger partial charge in [0.05, 0.1) is 0 Å². The minimum atomic E-state index is 0.685. The highest BCUT2D eigenvalue weighted by Crippen LogP contribution is 2.11. The Morgan fingerprint density at radius 1 is 1.43 bits per heavy atom. The van der Waals surface area contributed by atoms with E-state index in [2.05, 4.69) is 29.5 Å². The number of hydrogen-bond acceptors (Lipinski definition) is 3. The molecule has 0 saturated carbocycles. The van der Waals surface area contributed by atoms with Crippen molar-refractivity contribution in [2.75, 3.05) is 18.9 Å². The van der Waals surface area contributed by atoms with Crippen LogP contribution < -0.4 is 10.6 Å². The van der Waals surface area contributed by atoms with Crippen LogP contribution in [0.4, 0.5) is 5.69 Å². The van der Waals surface area contributed by atoms with Crippen molar-refractivity contribution in [3.63, 3.8) is 0 Å². The van der Waals surface area contributed by atoms with Crippen molar-refractivity contribution >= 4 is 5.69 Å². The molecule has 1 rings (SSSR count). The molecule has 0 bridgehead atoms. The molecule has 0 amide bonds. The molecule has 1 aromatic heterocycles. The van der Waals surface area contributed by atoms with E-state index in [-0.39, 0.29) is 0 Å². The van der Waals surface area contributed by atoms with Gasteiger partial charge in [0.1, 0.15) is 0 Å². The summed E-state index contributed by atoms with van der Waals surface area (Å²) in [5.41, 5.74) is 2.37. The van der Waals surface area contributed by atoms with Gasteiger partial charge in [0.15, 0.2) is 0 Å². The van der Waals surface area contributed by atoms with E-state index in [0.29, 0.717) is 5.92 Å². The van der Waals surface area contributed by atoms with Crippen molar-refractivity contribution in [2.45, 2.75) is 20.4 Å². The van der Waals surface area contributed by atoms with Gasteiger partial charge in [0, 0.05) is 37.2 Å². The van der Waals surface area contributed by atoms with E-state index in [4.69, 9.17) is 0 Å².